The molecule has 0 spiro atoms. The first-order valence-corrected chi connectivity index (χ1v) is 7.62. The molecule has 3 rings (SSSR count). The topological polar surface area (TPSA) is 66.6 Å². The van der Waals surface area contributed by atoms with E-state index in [1.165, 1.54) is 11.3 Å². The second-order valence-electron chi connectivity index (χ2n) is 5.45. The lowest BCUT2D eigenvalue weighted by Crippen LogP contribution is -2.29. The van der Waals surface area contributed by atoms with Crippen LogP contribution in [0.4, 0.5) is 5.69 Å². The highest BCUT2D eigenvalue weighted by Crippen LogP contribution is 2.30. The summed E-state index contributed by atoms with van der Waals surface area (Å²) in [6.07, 6.45) is 0.524. The number of rotatable bonds is 2. The van der Waals surface area contributed by atoms with E-state index < -0.39 is 0 Å². The molecule has 2 atom stereocenters. The maximum absolute atomic E-state index is 12.5. The number of nitrogen functional groups attached to an aromatic ring is 1. The molecule has 106 valence electrons. The predicted octanol–water partition coefficient (Wildman–Crippen LogP) is 2.33. The summed E-state index contributed by atoms with van der Waals surface area (Å²) in [5, 5.41) is 10.6. The lowest BCUT2D eigenvalue weighted by Gasteiger charge is -2.16. The van der Waals surface area contributed by atoms with Gasteiger partial charge in [0.1, 0.15) is 0 Å². The van der Waals surface area contributed by atoms with Crippen molar-refractivity contribution in [3.05, 3.63) is 29.1 Å². The molecule has 0 saturated carbocycles. The largest absolute Gasteiger partial charge is 0.399 e. The minimum absolute atomic E-state index is 0.0629. The number of aliphatic hydroxyl groups excluding tert-OH is 1. The molecule has 0 aliphatic carbocycles. The molecule has 2 heterocycles. The zero-order valence-electron chi connectivity index (χ0n) is 11.4. The quantitative estimate of drug-likeness (QED) is 0.834. The Balaban J connectivity index is 1.82. The third-order valence-electron chi connectivity index (χ3n) is 3.95. The highest BCUT2D eigenvalue weighted by molar-refractivity contribution is 7.20. The lowest BCUT2D eigenvalue weighted by atomic mass is 10.0. The lowest BCUT2D eigenvalue weighted by molar-refractivity contribution is 0.0767. The standard InChI is InChI=1S/C15H18N2O2S/c1-9(18)10-4-5-17(8-10)15(19)14-7-11-6-12(16)2-3-13(11)20-14/h2-3,6-7,9-10,18H,4-5,8,16H2,1H3. The van der Waals surface area contributed by atoms with Gasteiger partial charge in [-0.25, -0.2) is 0 Å². The van der Waals surface area contributed by atoms with Crippen LogP contribution in [0.3, 0.4) is 0 Å². The molecule has 1 aromatic heterocycles. The molecule has 1 saturated heterocycles. The molecule has 1 aliphatic heterocycles. The van der Waals surface area contributed by atoms with Crippen LogP contribution < -0.4 is 5.73 Å². The molecule has 2 unspecified atom stereocenters. The maximum atomic E-state index is 12.5. The Morgan fingerprint density at radius 1 is 1.50 bits per heavy atom. The second kappa shape index (κ2) is 5.07. The smallest absolute Gasteiger partial charge is 0.263 e. The van der Waals surface area contributed by atoms with Crippen molar-refractivity contribution in [3.8, 4) is 0 Å². The molecule has 4 nitrogen and oxygen atoms in total. The van der Waals surface area contributed by atoms with E-state index >= 15 is 0 Å². The first-order chi connectivity index (χ1) is 9.54. The molecule has 1 aliphatic rings. The molecule has 0 bridgehead atoms. The molecule has 20 heavy (non-hydrogen) atoms. The number of nitrogens with zero attached hydrogens (tertiary/aromatic N) is 1. The van der Waals surface area contributed by atoms with Crippen LogP contribution in [0.25, 0.3) is 10.1 Å². The van der Waals surface area contributed by atoms with E-state index in [0.717, 1.165) is 27.9 Å². The normalized spacial score (nSPS) is 20.5. The fraction of sp³-hybridized carbons (Fsp3) is 0.400. The van der Waals surface area contributed by atoms with Gasteiger partial charge in [-0.15, -0.1) is 11.3 Å². The number of thiophene rings is 1. The number of aliphatic hydroxyl groups is 1. The van der Waals surface area contributed by atoms with Gasteiger partial charge in [0.15, 0.2) is 0 Å². The second-order valence-corrected chi connectivity index (χ2v) is 6.53. The van der Waals surface area contributed by atoms with E-state index in [1.54, 1.807) is 6.92 Å². The van der Waals surface area contributed by atoms with Gasteiger partial charge in [0.2, 0.25) is 0 Å². The molecular weight excluding hydrogens is 272 g/mol. The van der Waals surface area contributed by atoms with E-state index in [2.05, 4.69) is 0 Å². The first kappa shape index (κ1) is 13.4. The van der Waals surface area contributed by atoms with Crippen molar-refractivity contribution in [2.24, 2.45) is 5.92 Å². The van der Waals surface area contributed by atoms with Crippen LogP contribution in [-0.4, -0.2) is 35.1 Å². The number of nitrogens with two attached hydrogens (primary N) is 1. The molecule has 1 fully saturated rings. The van der Waals surface area contributed by atoms with Crippen molar-refractivity contribution >= 4 is 33.0 Å². The molecule has 0 radical (unpaired) electrons. The van der Waals surface area contributed by atoms with Crippen LogP contribution >= 0.6 is 11.3 Å². The summed E-state index contributed by atoms with van der Waals surface area (Å²) in [5.74, 6) is 0.261. The number of likely N-dealkylation sites (tertiary alicyclic amines) is 1. The van der Waals surface area contributed by atoms with Crippen LogP contribution in [0, 0.1) is 5.92 Å². The molecular formula is C15H18N2O2S. The van der Waals surface area contributed by atoms with Gasteiger partial charge in [-0.1, -0.05) is 0 Å². The van der Waals surface area contributed by atoms with Gasteiger partial charge in [0.25, 0.3) is 5.91 Å². The number of fused-ring (bicyclic) bond motifs is 1. The molecule has 1 aromatic carbocycles. The van der Waals surface area contributed by atoms with Gasteiger partial charge in [-0.2, -0.15) is 0 Å². The Bertz CT molecular complexity index is 650. The monoisotopic (exact) mass is 290 g/mol. The summed E-state index contributed by atoms with van der Waals surface area (Å²) < 4.78 is 1.08. The fourth-order valence-corrected chi connectivity index (χ4v) is 3.70. The average molecular weight is 290 g/mol. The fourth-order valence-electron chi connectivity index (χ4n) is 2.69. The number of hydrogen-bond acceptors (Lipinski definition) is 4. The Labute approximate surface area is 121 Å². The number of benzene rings is 1. The summed E-state index contributed by atoms with van der Waals surface area (Å²) in [5.41, 5.74) is 6.48. The van der Waals surface area contributed by atoms with Gasteiger partial charge >= 0.3 is 0 Å². The summed E-state index contributed by atoms with van der Waals surface area (Å²) in [4.78, 5) is 15.1. The van der Waals surface area contributed by atoms with Crippen LogP contribution in [0.5, 0.6) is 0 Å². The Morgan fingerprint density at radius 2 is 2.30 bits per heavy atom. The van der Waals surface area contributed by atoms with Gasteiger partial charge in [-0.05, 0) is 43.0 Å². The van der Waals surface area contributed by atoms with Crippen molar-refractivity contribution in [2.45, 2.75) is 19.4 Å². The third-order valence-corrected chi connectivity index (χ3v) is 5.05. The predicted molar refractivity (Wildman–Crippen MR) is 81.9 cm³/mol. The average Bonchev–Trinajstić information content (AvgIpc) is 3.03. The van der Waals surface area contributed by atoms with E-state index in [9.17, 15) is 9.90 Å². The van der Waals surface area contributed by atoms with Gasteiger partial charge in [0, 0.05) is 29.4 Å². The minimum Gasteiger partial charge on any atom is -0.399 e. The van der Waals surface area contributed by atoms with E-state index in [4.69, 9.17) is 5.73 Å². The Morgan fingerprint density at radius 3 is 3.00 bits per heavy atom. The number of anilines is 1. The van der Waals surface area contributed by atoms with Gasteiger partial charge in [-0.3, -0.25) is 4.79 Å². The van der Waals surface area contributed by atoms with Crippen molar-refractivity contribution in [3.63, 3.8) is 0 Å². The number of carbonyl (C=O) groups is 1. The summed E-state index contributed by atoms with van der Waals surface area (Å²) in [7, 11) is 0. The van der Waals surface area contributed by atoms with Crippen LogP contribution in [0.1, 0.15) is 23.0 Å². The van der Waals surface area contributed by atoms with E-state index in [1.807, 2.05) is 29.2 Å². The van der Waals surface area contributed by atoms with Gasteiger partial charge in [0.05, 0.1) is 11.0 Å². The van der Waals surface area contributed by atoms with E-state index in [-0.39, 0.29) is 17.9 Å². The molecule has 5 heteroatoms. The minimum atomic E-state index is -0.352. The van der Waals surface area contributed by atoms with Crippen LogP contribution in [0.15, 0.2) is 24.3 Å². The van der Waals surface area contributed by atoms with Crippen molar-refractivity contribution in [1.29, 1.82) is 0 Å². The van der Waals surface area contributed by atoms with Crippen LogP contribution in [-0.2, 0) is 0 Å². The zero-order valence-corrected chi connectivity index (χ0v) is 12.2. The highest BCUT2D eigenvalue weighted by atomic mass is 32.1. The van der Waals surface area contributed by atoms with Gasteiger partial charge < -0.3 is 15.7 Å². The van der Waals surface area contributed by atoms with Crippen molar-refractivity contribution < 1.29 is 9.90 Å². The molecule has 1 amide bonds. The summed E-state index contributed by atoms with van der Waals surface area (Å²) in [6, 6.07) is 7.61. The zero-order chi connectivity index (χ0) is 14.3. The number of hydrogen-bond donors (Lipinski definition) is 2. The van der Waals surface area contributed by atoms with Crippen molar-refractivity contribution in [2.75, 3.05) is 18.8 Å². The summed E-state index contributed by atoms with van der Waals surface area (Å²) in [6.45, 7) is 3.17. The third kappa shape index (κ3) is 2.39. The SMILES string of the molecule is CC(O)C1CCN(C(=O)c2cc3cc(N)ccc3s2)C1. The molecule has 3 N–H and O–H groups in total. The molecule has 2 aromatic rings. The highest BCUT2D eigenvalue weighted by Gasteiger charge is 2.30. The Hall–Kier alpha value is -1.59. The number of amides is 1. The van der Waals surface area contributed by atoms with Crippen molar-refractivity contribution in [1.82, 2.24) is 4.90 Å². The Kier molecular flexibility index (Phi) is 3.40. The summed E-state index contributed by atoms with van der Waals surface area (Å²) >= 11 is 1.50. The van der Waals surface area contributed by atoms with Crippen LogP contribution in [0.2, 0.25) is 0 Å². The number of carbonyl (C=O) groups excluding carboxylic acids is 1. The maximum Gasteiger partial charge on any atom is 0.263 e. The van der Waals surface area contributed by atoms with E-state index in [0.29, 0.717) is 12.2 Å². The first-order valence-electron chi connectivity index (χ1n) is 6.81.